The molecule has 0 atom stereocenters. The molecule has 9 aromatic carbocycles. The molecule has 0 unspecified atom stereocenters. The van der Waals surface area contributed by atoms with Crippen molar-refractivity contribution < 1.29 is 0 Å². The lowest BCUT2D eigenvalue weighted by Crippen LogP contribution is -2.10. The lowest BCUT2D eigenvalue weighted by molar-refractivity contribution is 1.18. The fourth-order valence-electron chi connectivity index (χ4n) is 8.58. The van der Waals surface area contributed by atoms with Gasteiger partial charge in [-0.05, 0) is 100 Å². The molecule has 0 bridgehead atoms. The van der Waals surface area contributed by atoms with Crippen molar-refractivity contribution in [3.05, 3.63) is 218 Å². The number of rotatable bonds is 7. The van der Waals surface area contributed by atoms with Gasteiger partial charge in [0.2, 0.25) is 0 Å². The van der Waals surface area contributed by atoms with Gasteiger partial charge in [-0.3, -0.25) is 0 Å². The van der Waals surface area contributed by atoms with E-state index in [1.54, 1.807) is 0 Å². The molecule has 0 amide bonds. The van der Waals surface area contributed by atoms with E-state index in [-0.39, 0.29) is 0 Å². The van der Waals surface area contributed by atoms with Gasteiger partial charge in [-0.15, -0.1) is 11.3 Å². The molecule has 0 aliphatic carbocycles. The summed E-state index contributed by atoms with van der Waals surface area (Å²) < 4.78 is 4.95. The Morgan fingerprint density at radius 1 is 0.368 bits per heavy atom. The average Bonchev–Trinajstić information content (AvgIpc) is 3.84. The van der Waals surface area contributed by atoms with Crippen LogP contribution in [0.3, 0.4) is 0 Å². The van der Waals surface area contributed by atoms with Crippen LogP contribution in [0.25, 0.3) is 81.0 Å². The molecule has 0 spiro atoms. The molecule has 0 saturated carbocycles. The Bertz CT molecular complexity index is 3160. The number of fused-ring (bicyclic) bond motifs is 6. The monoisotopic (exact) mass is 744 g/mol. The zero-order valence-corrected chi connectivity index (χ0v) is 31.9. The third-order valence-corrected chi connectivity index (χ3v) is 12.4. The van der Waals surface area contributed by atoms with Gasteiger partial charge in [0.15, 0.2) is 0 Å². The molecule has 0 N–H and O–H groups in total. The maximum absolute atomic E-state index is 2.46. The molecule has 0 radical (unpaired) electrons. The predicted molar refractivity (Wildman–Crippen MR) is 245 cm³/mol. The zero-order chi connectivity index (χ0) is 37.7. The summed E-state index contributed by atoms with van der Waals surface area (Å²) in [6, 6.07) is 79.4. The molecule has 11 aromatic rings. The van der Waals surface area contributed by atoms with Crippen molar-refractivity contribution in [3.63, 3.8) is 0 Å². The number of anilines is 3. The second kappa shape index (κ2) is 13.8. The van der Waals surface area contributed by atoms with Gasteiger partial charge in [0, 0.05) is 43.3 Å². The van der Waals surface area contributed by atoms with Crippen molar-refractivity contribution in [2.24, 2.45) is 0 Å². The number of para-hydroxylation sites is 2. The predicted octanol–water partition coefficient (Wildman–Crippen LogP) is 15.6. The Balaban J connectivity index is 1.13. The molecule has 268 valence electrons. The number of benzene rings is 9. The maximum Gasteiger partial charge on any atom is 0.0640 e. The van der Waals surface area contributed by atoms with Crippen molar-refractivity contribution >= 4 is 70.4 Å². The van der Waals surface area contributed by atoms with E-state index in [9.17, 15) is 0 Å². The summed E-state index contributed by atoms with van der Waals surface area (Å²) in [5.74, 6) is 0. The first-order valence-electron chi connectivity index (χ1n) is 19.4. The average molecular weight is 745 g/mol. The van der Waals surface area contributed by atoms with E-state index in [4.69, 9.17) is 0 Å². The molecule has 2 aromatic heterocycles. The number of nitrogens with zero attached hydrogens (tertiary/aromatic N) is 2. The van der Waals surface area contributed by atoms with Crippen LogP contribution in [0.4, 0.5) is 17.1 Å². The minimum atomic E-state index is 1.10. The van der Waals surface area contributed by atoms with Crippen molar-refractivity contribution in [3.8, 4) is 39.1 Å². The van der Waals surface area contributed by atoms with E-state index in [1.165, 1.54) is 81.0 Å². The van der Waals surface area contributed by atoms with Crippen LogP contribution in [0.5, 0.6) is 0 Å². The van der Waals surface area contributed by atoms with Crippen LogP contribution in [0.15, 0.2) is 218 Å². The first-order chi connectivity index (χ1) is 28.3. The summed E-state index contributed by atoms with van der Waals surface area (Å²) in [5.41, 5.74) is 14.1. The number of thiophene rings is 1. The first kappa shape index (κ1) is 33.2. The summed E-state index contributed by atoms with van der Waals surface area (Å²) in [7, 11) is 0. The summed E-state index contributed by atoms with van der Waals surface area (Å²) in [5, 5.41) is 5.08. The number of hydrogen-bond acceptors (Lipinski definition) is 2. The van der Waals surface area contributed by atoms with E-state index in [1.807, 2.05) is 11.3 Å². The Hall–Kier alpha value is -7.20. The van der Waals surface area contributed by atoms with Crippen LogP contribution in [-0.2, 0) is 0 Å². The number of aromatic nitrogens is 1. The van der Waals surface area contributed by atoms with Crippen molar-refractivity contribution in [1.29, 1.82) is 0 Å². The van der Waals surface area contributed by atoms with Gasteiger partial charge in [0.05, 0.1) is 21.4 Å². The third-order valence-electron chi connectivity index (χ3n) is 11.2. The summed E-state index contributed by atoms with van der Waals surface area (Å²) in [6.07, 6.45) is 0. The molecule has 0 fully saturated rings. The zero-order valence-electron chi connectivity index (χ0n) is 31.1. The van der Waals surface area contributed by atoms with Gasteiger partial charge in [0.25, 0.3) is 0 Å². The Morgan fingerprint density at radius 3 is 1.67 bits per heavy atom. The van der Waals surface area contributed by atoms with Gasteiger partial charge in [0.1, 0.15) is 0 Å². The molecule has 11 rings (SSSR count). The van der Waals surface area contributed by atoms with E-state index < -0.39 is 0 Å². The molecular formula is C54H36N2S. The Labute approximate surface area is 335 Å². The molecule has 0 aliphatic heterocycles. The summed E-state index contributed by atoms with van der Waals surface area (Å²) in [6.45, 7) is 0. The summed E-state index contributed by atoms with van der Waals surface area (Å²) >= 11 is 1.87. The van der Waals surface area contributed by atoms with Gasteiger partial charge < -0.3 is 9.47 Å². The molecule has 2 nitrogen and oxygen atoms in total. The normalized spacial score (nSPS) is 11.5. The number of hydrogen-bond donors (Lipinski definition) is 0. The first-order valence-corrected chi connectivity index (χ1v) is 20.2. The SMILES string of the molecule is c1ccc(-c2cc(-c3ccccc3)cc(N(c3ccc(-c4cccc5c4c4ccccc4n5-c4ccccc4)cc3)c3cccc4c3sc3ccccc34)c2)cc1. The molecule has 2 heterocycles. The highest BCUT2D eigenvalue weighted by Crippen LogP contribution is 2.47. The standard InChI is InChI=1S/C54H36N2S/c1-4-16-37(17-5-1)40-34-41(38-18-6-2-7-19-38)36-44(35-40)55(51-28-15-25-47-46-22-11-13-29-52(46)57-54(47)51)43-32-30-39(31-33-43)45-24-14-27-50-53(45)48-23-10-12-26-49(48)56(50)42-20-8-3-9-21-42/h1-36H. The maximum atomic E-state index is 2.46. The molecule has 57 heavy (non-hydrogen) atoms. The van der Waals surface area contributed by atoms with E-state index in [0.29, 0.717) is 0 Å². The highest BCUT2D eigenvalue weighted by Gasteiger charge is 2.21. The lowest BCUT2D eigenvalue weighted by Gasteiger charge is -2.27. The van der Waals surface area contributed by atoms with Crippen LogP contribution in [0.2, 0.25) is 0 Å². The van der Waals surface area contributed by atoms with Crippen LogP contribution >= 0.6 is 11.3 Å². The smallest absolute Gasteiger partial charge is 0.0640 e. The van der Waals surface area contributed by atoms with Gasteiger partial charge in [-0.1, -0.05) is 152 Å². The Kier molecular flexibility index (Phi) is 8.04. The van der Waals surface area contributed by atoms with Crippen LogP contribution in [0, 0.1) is 0 Å². The molecular weight excluding hydrogens is 709 g/mol. The second-order valence-corrected chi connectivity index (χ2v) is 15.6. The van der Waals surface area contributed by atoms with Gasteiger partial charge in [-0.2, -0.15) is 0 Å². The van der Waals surface area contributed by atoms with Gasteiger partial charge in [-0.25, -0.2) is 0 Å². The molecule has 3 heteroatoms. The van der Waals surface area contributed by atoms with E-state index >= 15 is 0 Å². The van der Waals surface area contributed by atoms with Gasteiger partial charge >= 0.3 is 0 Å². The highest BCUT2D eigenvalue weighted by atomic mass is 32.1. The van der Waals surface area contributed by atoms with E-state index in [2.05, 4.69) is 228 Å². The second-order valence-electron chi connectivity index (χ2n) is 14.5. The van der Waals surface area contributed by atoms with Crippen molar-refractivity contribution in [2.45, 2.75) is 0 Å². The largest absolute Gasteiger partial charge is 0.309 e. The molecule has 0 aliphatic rings. The summed E-state index contributed by atoms with van der Waals surface area (Å²) in [4.78, 5) is 2.46. The topological polar surface area (TPSA) is 8.17 Å². The fraction of sp³-hybridized carbons (Fsp3) is 0. The minimum absolute atomic E-state index is 1.10. The minimum Gasteiger partial charge on any atom is -0.309 e. The lowest BCUT2D eigenvalue weighted by atomic mass is 9.96. The van der Waals surface area contributed by atoms with Crippen molar-refractivity contribution in [2.75, 3.05) is 4.90 Å². The van der Waals surface area contributed by atoms with Crippen molar-refractivity contribution in [1.82, 2.24) is 4.57 Å². The fourth-order valence-corrected chi connectivity index (χ4v) is 9.78. The van der Waals surface area contributed by atoms with E-state index in [0.717, 1.165) is 17.1 Å². The van der Waals surface area contributed by atoms with Crippen LogP contribution in [0.1, 0.15) is 0 Å². The third kappa shape index (κ3) is 5.71. The van der Waals surface area contributed by atoms with Crippen LogP contribution in [-0.4, -0.2) is 4.57 Å². The quantitative estimate of drug-likeness (QED) is 0.158. The van der Waals surface area contributed by atoms with Crippen LogP contribution < -0.4 is 4.90 Å². The molecule has 0 saturated heterocycles. The Morgan fingerprint density at radius 2 is 0.947 bits per heavy atom. The highest BCUT2D eigenvalue weighted by molar-refractivity contribution is 7.26.